The zero-order chi connectivity index (χ0) is 33.1. The van der Waals surface area contributed by atoms with Gasteiger partial charge in [0, 0.05) is 42.9 Å². The molecule has 10 atom stereocenters. The number of aliphatic hydroxyl groups is 3. The largest absolute Gasteiger partial charge is 0.502 e. The number of hydrogen-bond donors (Lipinski definition) is 4. The molecule has 10 nitrogen and oxygen atoms in total. The lowest BCUT2D eigenvalue weighted by Crippen LogP contribution is -2.67. The summed E-state index contributed by atoms with van der Waals surface area (Å²) < 4.78 is 18.2. The molecule has 5 rings (SSSR count). The minimum Gasteiger partial charge on any atom is -0.502 e. The number of nitrogens with one attached hydrogen (secondary N) is 1. The number of methoxy groups -OCH3 is 1. The van der Waals surface area contributed by atoms with Crippen LogP contribution in [-0.4, -0.2) is 90.6 Å². The maximum atomic E-state index is 13.8. The van der Waals surface area contributed by atoms with Crippen molar-refractivity contribution in [2.45, 2.75) is 83.8 Å². The molecular weight excluding hydrogens is 600 g/mol. The Balaban J connectivity index is 1.56. The molecule has 4 aliphatic rings. The maximum absolute atomic E-state index is 13.8. The molecule has 3 fully saturated rings. The van der Waals surface area contributed by atoms with E-state index < -0.39 is 29.9 Å². The second-order valence-corrected chi connectivity index (χ2v) is 14.8. The standard InChI is InChI=1S/C34H49ClN2O8/c1-18-22(43-7)17-24-32(2)13-11-25(39)34(4,45-30(41)20-16-19(35)8-9-21(20)36-5)23(32)10-12-33(24,3)27(18)26-28(40)31(42)44-29(26)37(6)14-15-38/h8-9,16,18,22-25,27,29,36,38-40H,10-15,17H2,1-7H3/t18-,22+,23?,24?,25+,27-,29-,32+,33-,34+/m1/s1. The van der Waals surface area contributed by atoms with E-state index in [0.717, 1.165) is 12.8 Å². The van der Waals surface area contributed by atoms with Crippen LogP contribution in [0.4, 0.5) is 5.69 Å². The lowest BCUT2D eigenvalue weighted by atomic mass is 9.38. The normalized spacial score (nSPS) is 39.7. The van der Waals surface area contributed by atoms with E-state index >= 15 is 0 Å². The van der Waals surface area contributed by atoms with Gasteiger partial charge in [-0.15, -0.1) is 0 Å². The minimum absolute atomic E-state index is 0.0410. The third-order valence-corrected chi connectivity index (χ3v) is 12.4. The number of hydrogen-bond acceptors (Lipinski definition) is 10. The van der Waals surface area contributed by atoms with Gasteiger partial charge in [0.2, 0.25) is 5.76 Å². The number of ether oxygens (including phenoxy) is 3. The number of likely N-dealkylation sites (N-methyl/N-ethyl adjacent to an activating group) is 1. The first kappa shape index (κ1) is 34.0. The summed E-state index contributed by atoms with van der Waals surface area (Å²) in [4.78, 5) is 28.3. The summed E-state index contributed by atoms with van der Waals surface area (Å²) in [7, 11) is 5.20. The SMILES string of the molecule is CNc1ccc(Cl)cc1C(=O)O[C@@]1(C)C2CC[C@]3(C)C(C[C@H](OC)[C@@H](C)[C@@H]3C3=C(O)C(=O)O[C@H]3N(C)CCO)[C@@]2(C)CC[C@@H]1O. The first-order valence-electron chi connectivity index (χ1n) is 16.0. The van der Waals surface area contributed by atoms with Gasteiger partial charge in [0.15, 0.2) is 6.23 Å². The fourth-order valence-corrected chi connectivity index (χ4v) is 10.2. The number of benzene rings is 1. The van der Waals surface area contributed by atoms with E-state index in [1.807, 2.05) is 6.92 Å². The molecule has 0 amide bonds. The summed E-state index contributed by atoms with van der Waals surface area (Å²) in [6.07, 6.45) is 1.47. The van der Waals surface area contributed by atoms with Gasteiger partial charge in [-0.2, -0.15) is 0 Å². The molecule has 1 aliphatic heterocycles. The highest BCUT2D eigenvalue weighted by atomic mass is 35.5. The molecule has 3 aliphatic carbocycles. The van der Waals surface area contributed by atoms with Gasteiger partial charge in [-0.3, -0.25) is 4.90 Å². The zero-order valence-electron chi connectivity index (χ0n) is 27.4. The molecule has 11 heteroatoms. The number of rotatable bonds is 8. The topological polar surface area (TPSA) is 138 Å². The summed E-state index contributed by atoms with van der Waals surface area (Å²) in [5.41, 5.74) is -0.477. The minimum atomic E-state index is -1.17. The van der Waals surface area contributed by atoms with E-state index in [1.165, 1.54) is 0 Å². The lowest BCUT2D eigenvalue weighted by Gasteiger charge is -2.67. The van der Waals surface area contributed by atoms with E-state index in [2.05, 4.69) is 26.1 Å². The maximum Gasteiger partial charge on any atom is 0.375 e. The van der Waals surface area contributed by atoms with Crippen molar-refractivity contribution in [2.24, 2.45) is 34.5 Å². The Labute approximate surface area is 271 Å². The molecule has 4 N–H and O–H groups in total. The second kappa shape index (κ2) is 12.3. The van der Waals surface area contributed by atoms with Crippen LogP contribution >= 0.6 is 11.6 Å². The van der Waals surface area contributed by atoms with Crippen molar-refractivity contribution in [3.05, 3.63) is 40.1 Å². The average Bonchev–Trinajstić information content (AvgIpc) is 3.28. The Bertz CT molecular complexity index is 1360. The third-order valence-electron chi connectivity index (χ3n) is 12.2. The van der Waals surface area contributed by atoms with Crippen LogP contribution < -0.4 is 5.32 Å². The Morgan fingerprint density at radius 3 is 2.51 bits per heavy atom. The fraction of sp³-hybridized carbons (Fsp3) is 0.706. The van der Waals surface area contributed by atoms with Crippen molar-refractivity contribution in [3.8, 4) is 0 Å². The number of esters is 2. The molecule has 1 heterocycles. The molecule has 0 spiro atoms. The quantitative estimate of drug-likeness (QED) is 0.291. The number of cyclic esters (lactones) is 1. The van der Waals surface area contributed by atoms with Crippen molar-refractivity contribution in [1.82, 2.24) is 4.90 Å². The number of aliphatic hydroxyl groups excluding tert-OH is 3. The van der Waals surface area contributed by atoms with Crippen molar-refractivity contribution in [2.75, 3.05) is 39.7 Å². The Hall–Kier alpha value is -2.37. The van der Waals surface area contributed by atoms with Gasteiger partial charge in [-0.1, -0.05) is 32.4 Å². The van der Waals surface area contributed by atoms with Crippen molar-refractivity contribution >= 4 is 29.2 Å². The highest BCUT2D eigenvalue weighted by molar-refractivity contribution is 6.31. The van der Waals surface area contributed by atoms with Gasteiger partial charge in [0.1, 0.15) is 5.60 Å². The van der Waals surface area contributed by atoms with Gasteiger partial charge >= 0.3 is 11.9 Å². The molecule has 250 valence electrons. The highest BCUT2D eigenvalue weighted by Gasteiger charge is 2.68. The number of anilines is 1. The van der Waals surface area contributed by atoms with Crippen LogP contribution in [0, 0.1) is 34.5 Å². The van der Waals surface area contributed by atoms with E-state index in [1.54, 1.807) is 44.3 Å². The number of fused-ring (bicyclic) bond motifs is 3. The number of carbonyl (C=O) groups is 2. The van der Waals surface area contributed by atoms with Crippen LogP contribution in [0.2, 0.25) is 5.02 Å². The summed E-state index contributed by atoms with van der Waals surface area (Å²) in [5, 5.41) is 35.9. The van der Waals surface area contributed by atoms with Crippen LogP contribution in [0.25, 0.3) is 0 Å². The third kappa shape index (κ3) is 5.34. The van der Waals surface area contributed by atoms with E-state index in [9.17, 15) is 24.9 Å². The average molecular weight is 649 g/mol. The smallest absolute Gasteiger partial charge is 0.375 e. The van der Waals surface area contributed by atoms with Gasteiger partial charge in [0.25, 0.3) is 0 Å². The summed E-state index contributed by atoms with van der Waals surface area (Å²) in [6, 6.07) is 5.02. The number of nitrogens with zero attached hydrogens (tertiary/aromatic N) is 1. The predicted octanol–water partition coefficient (Wildman–Crippen LogP) is 4.78. The zero-order valence-corrected chi connectivity index (χ0v) is 28.2. The van der Waals surface area contributed by atoms with Crippen LogP contribution in [0.5, 0.6) is 0 Å². The molecule has 0 aromatic heterocycles. The first-order valence-corrected chi connectivity index (χ1v) is 16.4. The number of carbonyl (C=O) groups excluding carboxylic acids is 2. The molecule has 45 heavy (non-hydrogen) atoms. The fourth-order valence-electron chi connectivity index (χ4n) is 9.99. The second-order valence-electron chi connectivity index (χ2n) is 14.3. The van der Waals surface area contributed by atoms with Crippen LogP contribution in [0.3, 0.4) is 0 Å². The molecule has 3 saturated carbocycles. The van der Waals surface area contributed by atoms with Gasteiger partial charge in [0.05, 0.1) is 24.4 Å². The Morgan fingerprint density at radius 2 is 1.87 bits per heavy atom. The monoisotopic (exact) mass is 648 g/mol. The Kier molecular flexibility index (Phi) is 9.32. The summed E-state index contributed by atoms with van der Waals surface area (Å²) in [6.45, 7) is 8.62. The Morgan fingerprint density at radius 1 is 1.18 bits per heavy atom. The molecule has 0 saturated heterocycles. The molecular formula is C34H49ClN2O8. The first-order chi connectivity index (χ1) is 21.2. The van der Waals surface area contributed by atoms with Crippen molar-refractivity contribution in [1.29, 1.82) is 0 Å². The molecule has 0 radical (unpaired) electrons. The van der Waals surface area contributed by atoms with E-state index in [-0.39, 0.29) is 59.5 Å². The van der Waals surface area contributed by atoms with Crippen molar-refractivity contribution in [3.63, 3.8) is 0 Å². The molecule has 0 bridgehead atoms. The van der Waals surface area contributed by atoms with Crippen molar-refractivity contribution < 1.29 is 39.1 Å². The number of halogens is 1. The summed E-state index contributed by atoms with van der Waals surface area (Å²) in [5.74, 6) is -2.09. The van der Waals surface area contributed by atoms with Gasteiger partial charge < -0.3 is 34.8 Å². The van der Waals surface area contributed by atoms with Gasteiger partial charge in [-0.25, -0.2) is 9.59 Å². The summed E-state index contributed by atoms with van der Waals surface area (Å²) >= 11 is 6.26. The molecule has 1 aromatic rings. The van der Waals surface area contributed by atoms with E-state index in [0.29, 0.717) is 41.1 Å². The molecule has 1 aromatic carbocycles. The van der Waals surface area contributed by atoms with Crippen LogP contribution in [-0.2, 0) is 19.0 Å². The van der Waals surface area contributed by atoms with Crippen LogP contribution in [0.1, 0.15) is 70.2 Å². The van der Waals surface area contributed by atoms with Crippen LogP contribution in [0.15, 0.2) is 29.5 Å². The molecule has 2 unspecified atom stereocenters. The van der Waals surface area contributed by atoms with E-state index in [4.69, 9.17) is 25.8 Å². The van der Waals surface area contributed by atoms with Gasteiger partial charge in [-0.05, 0) is 92.9 Å². The lowest BCUT2D eigenvalue weighted by molar-refractivity contribution is -0.241. The predicted molar refractivity (Wildman–Crippen MR) is 170 cm³/mol. The highest BCUT2D eigenvalue weighted by Crippen LogP contribution is 2.69.